The standard InChI is InChI=1S/C22H24FN5O3S/c23-16-3-1-4-17(11-16)26-22(29)27-13-18(14-27)32(30,31)28-9-6-15(7-10-28)20-12-25-21-19(20)5-2-8-24-21/h1-5,8,11-12,15,18H,6-7,9-10,13-14H2,(H,24,25)(H,26,29). The van der Waals surface area contributed by atoms with E-state index in [1.807, 2.05) is 18.3 Å². The molecule has 0 spiro atoms. The Hall–Kier alpha value is -2.98. The number of piperidine rings is 1. The van der Waals surface area contributed by atoms with E-state index in [9.17, 15) is 17.6 Å². The average Bonchev–Trinajstić information content (AvgIpc) is 3.17. The first-order chi connectivity index (χ1) is 15.4. The van der Waals surface area contributed by atoms with Gasteiger partial charge in [-0.15, -0.1) is 0 Å². The molecule has 8 nitrogen and oxygen atoms in total. The molecule has 2 aromatic heterocycles. The number of carbonyl (C=O) groups is 1. The van der Waals surface area contributed by atoms with Gasteiger partial charge in [0.05, 0.1) is 0 Å². The Morgan fingerprint density at radius 3 is 2.69 bits per heavy atom. The molecule has 10 heteroatoms. The average molecular weight is 458 g/mol. The Kier molecular flexibility index (Phi) is 5.34. The molecule has 32 heavy (non-hydrogen) atoms. The van der Waals surface area contributed by atoms with Crippen LogP contribution in [0.3, 0.4) is 0 Å². The van der Waals surface area contributed by atoms with E-state index in [2.05, 4.69) is 15.3 Å². The van der Waals surface area contributed by atoms with Crippen LogP contribution in [0.1, 0.15) is 24.3 Å². The first-order valence-electron chi connectivity index (χ1n) is 10.6. The van der Waals surface area contributed by atoms with E-state index < -0.39 is 27.1 Å². The molecule has 1 aromatic carbocycles. The lowest BCUT2D eigenvalue weighted by Gasteiger charge is -2.42. The Bertz CT molecular complexity index is 1250. The lowest BCUT2D eigenvalue weighted by molar-refractivity contribution is 0.179. The third kappa shape index (κ3) is 3.84. The molecular weight excluding hydrogens is 433 g/mol. The number of rotatable bonds is 4. The van der Waals surface area contributed by atoms with Crippen LogP contribution in [0.5, 0.6) is 0 Å². The van der Waals surface area contributed by atoms with E-state index in [4.69, 9.17) is 0 Å². The van der Waals surface area contributed by atoms with Gasteiger partial charge in [0.1, 0.15) is 16.7 Å². The van der Waals surface area contributed by atoms with E-state index in [1.54, 1.807) is 16.6 Å². The second-order valence-electron chi connectivity index (χ2n) is 8.33. The third-order valence-electron chi connectivity index (χ3n) is 6.37. The number of amides is 2. The zero-order valence-electron chi connectivity index (χ0n) is 17.4. The Labute approximate surface area is 185 Å². The lowest BCUT2D eigenvalue weighted by Crippen LogP contribution is -2.61. The van der Waals surface area contributed by atoms with Gasteiger partial charge in [-0.2, -0.15) is 0 Å². The molecule has 2 amide bonds. The monoisotopic (exact) mass is 457 g/mol. The number of aromatic nitrogens is 2. The van der Waals surface area contributed by atoms with Crippen molar-refractivity contribution >= 4 is 32.8 Å². The van der Waals surface area contributed by atoms with Crippen molar-refractivity contribution in [2.75, 3.05) is 31.5 Å². The molecule has 2 aliphatic heterocycles. The summed E-state index contributed by atoms with van der Waals surface area (Å²) >= 11 is 0. The van der Waals surface area contributed by atoms with Crippen molar-refractivity contribution in [1.29, 1.82) is 0 Å². The van der Waals surface area contributed by atoms with Crippen LogP contribution >= 0.6 is 0 Å². The van der Waals surface area contributed by atoms with Crippen molar-refractivity contribution < 1.29 is 17.6 Å². The number of fused-ring (bicyclic) bond motifs is 1. The van der Waals surface area contributed by atoms with Crippen molar-refractivity contribution in [3.05, 3.63) is 60.2 Å². The number of benzene rings is 1. The van der Waals surface area contributed by atoms with Crippen molar-refractivity contribution in [2.45, 2.75) is 24.0 Å². The Morgan fingerprint density at radius 1 is 1.16 bits per heavy atom. The smallest absolute Gasteiger partial charge is 0.321 e. The molecule has 0 bridgehead atoms. The first kappa shape index (κ1) is 20.9. The predicted molar refractivity (Wildman–Crippen MR) is 119 cm³/mol. The summed E-state index contributed by atoms with van der Waals surface area (Å²) in [6.45, 7) is 1.20. The summed E-state index contributed by atoms with van der Waals surface area (Å²) in [4.78, 5) is 21.3. The molecule has 4 heterocycles. The van der Waals surface area contributed by atoms with Gasteiger partial charge >= 0.3 is 6.03 Å². The van der Waals surface area contributed by atoms with Gasteiger partial charge in [-0.3, -0.25) is 0 Å². The first-order valence-corrected chi connectivity index (χ1v) is 12.1. The van der Waals surface area contributed by atoms with Gasteiger partial charge in [0, 0.05) is 49.6 Å². The normalized spacial score (nSPS) is 18.6. The van der Waals surface area contributed by atoms with E-state index in [-0.39, 0.29) is 19.0 Å². The van der Waals surface area contributed by atoms with E-state index >= 15 is 0 Å². The van der Waals surface area contributed by atoms with Gasteiger partial charge in [0.2, 0.25) is 10.0 Å². The molecule has 0 unspecified atom stereocenters. The van der Waals surface area contributed by atoms with Crippen LogP contribution in [0.4, 0.5) is 14.9 Å². The number of anilines is 1. The van der Waals surface area contributed by atoms with E-state index in [1.165, 1.54) is 28.7 Å². The van der Waals surface area contributed by atoms with E-state index in [0.717, 1.165) is 23.9 Å². The van der Waals surface area contributed by atoms with Gasteiger partial charge in [0.25, 0.3) is 0 Å². The van der Waals surface area contributed by atoms with Crippen molar-refractivity contribution in [3.8, 4) is 0 Å². The van der Waals surface area contributed by atoms with Crippen LogP contribution in [0.15, 0.2) is 48.8 Å². The minimum Gasteiger partial charge on any atom is -0.346 e. The summed E-state index contributed by atoms with van der Waals surface area (Å²) in [7, 11) is -3.47. The fourth-order valence-electron chi connectivity index (χ4n) is 4.51. The van der Waals surface area contributed by atoms with Crippen LogP contribution in [-0.2, 0) is 10.0 Å². The highest BCUT2D eigenvalue weighted by molar-refractivity contribution is 7.89. The largest absolute Gasteiger partial charge is 0.346 e. The lowest BCUT2D eigenvalue weighted by atomic mass is 9.90. The Balaban J connectivity index is 1.16. The number of hydrogen-bond acceptors (Lipinski definition) is 4. The highest BCUT2D eigenvalue weighted by atomic mass is 32.2. The highest BCUT2D eigenvalue weighted by Crippen LogP contribution is 2.34. The van der Waals surface area contributed by atoms with Gasteiger partial charge in [-0.05, 0) is 54.7 Å². The SMILES string of the molecule is O=C(Nc1cccc(F)c1)N1CC(S(=O)(=O)N2CCC(c3c[nH]c4ncccc34)CC2)C1. The maximum Gasteiger partial charge on any atom is 0.321 e. The third-order valence-corrected chi connectivity index (χ3v) is 8.59. The van der Waals surface area contributed by atoms with Crippen molar-refractivity contribution in [2.24, 2.45) is 0 Å². The topological polar surface area (TPSA) is 98.4 Å². The fourth-order valence-corrected chi connectivity index (χ4v) is 6.39. The number of aromatic amines is 1. The minimum absolute atomic E-state index is 0.136. The number of urea groups is 1. The number of H-pyrrole nitrogens is 1. The summed E-state index contributed by atoms with van der Waals surface area (Å²) in [6, 6.07) is 9.13. The summed E-state index contributed by atoms with van der Waals surface area (Å²) in [6.07, 6.45) is 5.22. The fraction of sp³-hybridized carbons (Fsp3) is 0.364. The number of carbonyl (C=O) groups excluding carboxylic acids is 1. The molecule has 0 saturated carbocycles. The molecule has 2 N–H and O–H groups in total. The molecule has 168 valence electrons. The second-order valence-corrected chi connectivity index (χ2v) is 10.5. The molecule has 0 radical (unpaired) electrons. The maximum atomic E-state index is 13.3. The molecule has 2 fully saturated rings. The molecule has 3 aromatic rings. The zero-order valence-corrected chi connectivity index (χ0v) is 18.2. The summed E-state index contributed by atoms with van der Waals surface area (Å²) < 4.78 is 40.9. The number of likely N-dealkylation sites (tertiary alicyclic amines) is 1. The molecule has 0 atom stereocenters. The Morgan fingerprint density at radius 2 is 1.94 bits per heavy atom. The molecule has 0 aliphatic carbocycles. The van der Waals surface area contributed by atoms with E-state index in [0.29, 0.717) is 18.8 Å². The number of pyridine rings is 1. The number of halogens is 1. The summed E-state index contributed by atoms with van der Waals surface area (Å²) in [5.74, 6) is -0.159. The van der Waals surface area contributed by atoms with Crippen LogP contribution < -0.4 is 5.32 Å². The number of nitrogens with zero attached hydrogens (tertiary/aromatic N) is 3. The second kappa shape index (κ2) is 8.18. The summed E-state index contributed by atoms with van der Waals surface area (Å²) in [5, 5.41) is 3.09. The number of nitrogens with one attached hydrogen (secondary N) is 2. The van der Waals surface area contributed by atoms with Gasteiger partial charge in [-0.1, -0.05) is 6.07 Å². The van der Waals surface area contributed by atoms with Gasteiger partial charge < -0.3 is 15.2 Å². The number of hydrogen-bond donors (Lipinski definition) is 2. The predicted octanol–water partition coefficient (Wildman–Crippen LogP) is 3.13. The van der Waals surface area contributed by atoms with Crippen LogP contribution in [-0.4, -0.2) is 65.1 Å². The molecule has 2 saturated heterocycles. The van der Waals surface area contributed by atoms with Crippen LogP contribution in [0, 0.1) is 5.82 Å². The molecular formula is C22H24FN5O3S. The van der Waals surface area contributed by atoms with Crippen molar-refractivity contribution in [3.63, 3.8) is 0 Å². The highest BCUT2D eigenvalue weighted by Gasteiger charge is 2.43. The zero-order chi connectivity index (χ0) is 22.3. The molecule has 2 aliphatic rings. The van der Waals surface area contributed by atoms with Crippen LogP contribution in [0.25, 0.3) is 11.0 Å². The van der Waals surface area contributed by atoms with Gasteiger partial charge in [-0.25, -0.2) is 26.9 Å². The number of sulfonamides is 1. The van der Waals surface area contributed by atoms with Crippen molar-refractivity contribution in [1.82, 2.24) is 19.2 Å². The molecule has 5 rings (SSSR count). The summed E-state index contributed by atoms with van der Waals surface area (Å²) in [5.41, 5.74) is 2.38. The van der Waals surface area contributed by atoms with Gasteiger partial charge in [0.15, 0.2) is 0 Å². The quantitative estimate of drug-likeness (QED) is 0.629. The maximum absolute atomic E-state index is 13.3. The minimum atomic E-state index is -3.47. The van der Waals surface area contributed by atoms with Crippen LogP contribution in [0.2, 0.25) is 0 Å².